The molecule has 0 saturated carbocycles. The first-order valence-corrected chi connectivity index (χ1v) is 5.66. The molecule has 0 atom stereocenters. The highest BCUT2D eigenvalue weighted by molar-refractivity contribution is 8.02. The van der Waals surface area contributed by atoms with Gasteiger partial charge >= 0.3 is 0 Å². The summed E-state index contributed by atoms with van der Waals surface area (Å²) in [4.78, 5) is 0. The minimum Gasteiger partial charge on any atom is -0.493 e. The van der Waals surface area contributed by atoms with E-state index in [1.165, 1.54) is 18.4 Å². The molecule has 2 aliphatic heterocycles. The van der Waals surface area contributed by atoms with E-state index in [1.807, 2.05) is 25.6 Å². The molecule has 0 aliphatic carbocycles. The fraction of sp³-hybridized carbons (Fsp3) is 0.600. The van der Waals surface area contributed by atoms with E-state index in [-0.39, 0.29) is 0 Å². The SMILES string of the molecule is C1=C2CCCOC2=CSC1.CC. The van der Waals surface area contributed by atoms with E-state index < -0.39 is 0 Å². The summed E-state index contributed by atoms with van der Waals surface area (Å²) in [6, 6.07) is 0. The van der Waals surface area contributed by atoms with Crippen molar-refractivity contribution < 1.29 is 4.74 Å². The van der Waals surface area contributed by atoms with Crippen LogP contribution in [0.1, 0.15) is 26.7 Å². The van der Waals surface area contributed by atoms with Crippen molar-refractivity contribution in [1.29, 1.82) is 0 Å². The third-order valence-corrected chi connectivity index (χ3v) is 2.52. The maximum absolute atomic E-state index is 5.45. The number of hydrogen-bond donors (Lipinski definition) is 0. The second-order valence-corrected chi connectivity index (χ2v) is 3.40. The van der Waals surface area contributed by atoms with Crippen LogP contribution in [0.25, 0.3) is 0 Å². The van der Waals surface area contributed by atoms with Gasteiger partial charge in [-0.25, -0.2) is 0 Å². The molecule has 0 aromatic heterocycles. The minimum absolute atomic E-state index is 0.906. The number of ether oxygens (including phenoxy) is 1. The summed E-state index contributed by atoms with van der Waals surface area (Å²) in [5, 5.41) is 2.13. The Hall–Kier alpha value is -0.370. The van der Waals surface area contributed by atoms with Crippen LogP contribution in [0, 0.1) is 0 Å². The second-order valence-electron chi connectivity index (χ2n) is 2.50. The lowest BCUT2D eigenvalue weighted by molar-refractivity contribution is 0.194. The number of rotatable bonds is 0. The van der Waals surface area contributed by atoms with Crippen LogP contribution in [-0.4, -0.2) is 12.4 Å². The van der Waals surface area contributed by atoms with Crippen LogP contribution >= 0.6 is 11.8 Å². The molecule has 0 unspecified atom stereocenters. The topological polar surface area (TPSA) is 9.23 Å². The molecular formula is C10H16OS. The zero-order valence-corrected chi connectivity index (χ0v) is 8.62. The summed E-state index contributed by atoms with van der Waals surface area (Å²) in [5.74, 6) is 2.25. The lowest BCUT2D eigenvalue weighted by Gasteiger charge is -2.21. The highest BCUT2D eigenvalue weighted by Crippen LogP contribution is 2.29. The molecule has 0 amide bonds. The summed E-state index contributed by atoms with van der Waals surface area (Å²) in [6.07, 6.45) is 4.68. The Labute approximate surface area is 78.9 Å². The van der Waals surface area contributed by atoms with Gasteiger partial charge in [-0.05, 0) is 18.4 Å². The van der Waals surface area contributed by atoms with Crippen molar-refractivity contribution in [3.05, 3.63) is 22.8 Å². The molecule has 68 valence electrons. The van der Waals surface area contributed by atoms with Gasteiger partial charge in [0.1, 0.15) is 5.76 Å². The molecule has 0 bridgehead atoms. The molecule has 1 nitrogen and oxygen atoms in total. The van der Waals surface area contributed by atoms with Crippen LogP contribution in [0.3, 0.4) is 0 Å². The van der Waals surface area contributed by atoms with E-state index >= 15 is 0 Å². The predicted octanol–water partition coefficient (Wildman–Crippen LogP) is 3.34. The van der Waals surface area contributed by atoms with E-state index in [1.54, 1.807) is 0 Å². The van der Waals surface area contributed by atoms with Crippen LogP contribution in [0.5, 0.6) is 0 Å². The van der Waals surface area contributed by atoms with Crippen LogP contribution in [0.15, 0.2) is 22.8 Å². The van der Waals surface area contributed by atoms with Gasteiger partial charge in [-0.1, -0.05) is 19.9 Å². The molecular weight excluding hydrogens is 168 g/mol. The molecule has 12 heavy (non-hydrogen) atoms. The van der Waals surface area contributed by atoms with Crippen molar-refractivity contribution >= 4 is 11.8 Å². The fourth-order valence-corrected chi connectivity index (χ4v) is 2.01. The smallest absolute Gasteiger partial charge is 0.128 e. The number of hydrogen-bond acceptors (Lipinski definition) is 2. The van der Waals surface area contributed by atoms with Gasteiger partial charge in [0.2, 0.25) is 0 Å². The van der Waals surface area contributed by atoms with Crippen LogP contribution < -0.4 is 0 Å². The van der Waals surface area contributed by atoms with Crippen molar-refractivity contribution in [3.8, 4) is 0 Å². The Morgan fingerprint density at radius 3 is 3.00 bits per heavy atom. The van der Waals surface area contributed by atoms with Gasteiger partial charge in [0.25, 0.3) is 0 Å². The molecule has 2 aliphatic rings. The van der Waals surface area contributed by atoms with Crippen molar-refractivity contribution in [2.75, 3.05) is 12.4 Å². The van der Waals surface area contributed by atoms with Gasteiger partial charge in [-0.3, -0.25) is 0 Å². The monoisotopic (exact) mass is 184 g/mol. The second kappa shape index (κ2) is 5.31. The maximum atomic E-state index is 5.45. The quantitative estimate of drug-likeness (QED) is 0.571. The van der Waals surface area contributed by atoms with Gasteiger partial charge in [-0.2, -0.15) is 0 Å². The van der Waals surface area contributed by atoms with Crippen LogP contribution in [0.4, 0.5) is 0 Å². The Bertz CT molecular complexity index is 172. The predicted molar refractivity (Wildman–Crippen MR) is 55.2 cm³/mol. The van der Waals surface area contributed by atoms with Gasteiger partial charge in [0.05, 0.1) is 6.61 Å². The zero-order valence-electron chi connectivity index (χ0n) is 7.80. The molecule has 2 heteroatoms. The average molecular weight is 184 g/mol. The summed E-state index contributed by atoms with van der Waals surface area (Å²) >= 11 is 1.82. The highest BCUT2D eigenvalue weighted by atomic mass is 32.2. The molecule has 0 N–H and O–H groups in total. The van der Waals surface area contributed by atoms with Gasteiger partial charge in [0, 0.05) is 11.2 Å². The zero-order chi connectivity index (χ0) is 8.81. The molecule has 0 aromatic carbocycles. The first kappa shape index (κ1) is 9.72. The van der Waals surface area contributed by atoms with Crippen molar-refractivity contribution in [2.45, 2.75) is 26.7 Å². The Morgan fingerprint density at radius 2 is 2.25 bits per heavy atom. The van der Waals surface area contributed by atoms with Crippen molar-refractivity contribution in [2.24, 2.45) is 0 Å². The van der Waals surface area contributed by atoms with E-state index in [2.05, 4.69) is 11.5 Å². The Balaban J connectivity index is 0.000000336. The van der Waals surface area contributed by atoms with Crippen molar-refractivity contribution in [1.82, 2.24) is 0 Å². The standard InChI is InChI=1S/C8H10OS.C2H6/c1-2-7-3-5-10-6-8(7)9-4-1;1-2/h3,6H,1-2,4-5H2;1-2H3. The average Bonchev–Trinajstić information content (AvgIpc) is 2.21. The van der Waals surface area contributed by atoms with E-state index in [0.29, 0.717) is 0 Å². The molecule has 2 heterocycles. The van der Waals surface area contributed by atoms with E-state index in [4.69, 9.17) is 4.74 Å². The molecule has 1 saturated heterocycles. The fourth-order valence-electron chi connectivity index (χ4n) is 1.25. The molecule has 0 radical (unpaired) electrons. The summed E-state index contributed by atoms with van der Waals surface area (Å²) in [6.45, 7) is 4.91. The van der Waals surface area contributed by atoms with E-state index in [9.17, 15) is 0 Å². The summed E-state index contributed by atoms with van der Waals surface area (Å²) < 4.78 is 5.45. The molecule has 1 fully saturated rings. The van der Waals surface area contributed by atoms with Crippen molar-refractivity contribution in [3.63, 3.8) is 0 Å². The number of fused-ring (bicyclic) bond motifs is 1. The van der Waals surface area contributed by atoms with Gasteiger partial charge in [0.15, 0.2) is 0 Å². The first-order chi connectivity index (χ1) is 5.97. The lowest BCUT2D eigenvalue weighted by Crippen LogP contribution is -2.08. The summed E-state index contributed by atoms with van der Waals surface area (Å²) in [7, 11) is 0. The molecule has 0 spiro atoms. The Morgan fingerprint density at radius 1 is 1.42 bits per heavy atom. The largest absolute Gasteiger partial charge is 0.493 e. The van der Waals surface area contributed by atoms with E-state index in [0.717, 1.165) is 18.1 Å². The third-order valence-electron chi connectivity index (χ3n) is 1.78. The normalized spacial score (nSPS) is 20.5. The van der Waals surface area contributed by atoms with Gasteiger partial charge < -0.3 is 4.74 Å². The molecule has 0 aromatic rings. The highest BCUT2D eigenvalue weighted by Gasteiger charge is 2.14. The van der Waals surface area contributed by atoms with Crippen LogP contribution in [0.2, 0.25) is 0 Å². The lowest BCUT2D eigenvalue weighted by atomic mass is 10.1. The third kappa shape index (κ3) is 2.31. The number of allylic oxidation sites excluding steroid dienone is 1. The first-order valence-electron chi connectivity index (χ1n) is 4.61. The van der Waals surface area contributed by atoms with Gasteiger partial charge in [-0.15, -0.1) is 11.8 Å². The molecule has 2 rings (SSSR count). The maximum Gasteiger partial charge on any atom is 0.128 e. The number of thioether (sulfide) groups is 1. The minimum atomic E-state index is 0.906. The summed E-state index contributed by atoms with van der Waals surface area (Å²) in [5.41, 5.74) is 1.42. The Kier molecular flexibility index (Phi) is 4.30. The van der Waals surface area contributed by atoms with Crippen LogP contribution in [-0.2, 0) is 4.74 Å².